The summed E-state index contributed by atoms with van der Waals surface area (Å²) in [5.41, 5.74) is 0.449. The van der Waals surface area contributed by atoms with E-state index in [1.165, 1.54) is 0 Å². The van der Waals surface area contributed by atoms with E-state index in [4.69, 9.17) is 17.0 Å². The number of hydrogen-bond donors (Lipinski definition) is 2. The number of thiophene rings is 1. The fourth-order valence-electron chi connectivity index (χ4n) is 1.86. The first kappa shape index (κ1) is 18.9. The largest absolute Gasteiger partial charge is 0.492 e. The predicted octanol–water partition coefficient (Wildman–Crippen LogP) is 4.35. The van der Waals surface area contributed by atoms with Crippen LogP contribution in [0.25, 0.3) is 0 Å². The summed E-state index contributed by atoms with van der Waals surface area (Å²) in [5, 5.41) is 8.02. The lowest BCUT2D eigenvalue weighted by atomic mass is 10.2. The molecule has 0 aliphatic rings. The molecule has 0 aliphatic heterocycles. The molecule has 0 saturated carbocycles. The predicted molar refractivity (Wildman–Crippen MR) is 106 cm³/mol. The Morgan fingerprint density at radius 3 is 2.83 bits per heavy atom. The molecule has 0 fully saturated rings. The van der Waals surface area contributed by atoms with Crippen molar-refractivity contribution in [2.45, 2.75) is 20.4 Å². The number of benzene rings is 1. The van der Waals surface area contributed by atoms with Crippen molar-refractivity contribution in [2.75, 3.05) is 6.61 Å². The fourth-order valence-corrected chi connectivity index (χ4v) is 3.03. The molecule has 2 aromatic rings. The molecule has 2 N–H and O–H groups in total. The van der Waals surface area contributed by atoms with Crippen molar-refractivity contribution in [1.82, 2.24) is 10.6 Å². The first-order valence-electron chi connectivity index (χ1n) is 7.49. The van der Waals surface area contributed by atoms with E-state index in [-0.39, 0.29) is 5.91 Å². The molecule has 128 valence electrons. The molecule has 0 bridgehead atoms. The summed E-state index contributed by atoms with van der Waals surface area (Å²) in [7, 11) is 0. The van der Waals surface area contributed by atoms with Crippen LogP contribution < -0.4 is 15.4 Å². The lowest BCUT2D eigenvalue weighted by Crippen LogP contribution is -2.38. The van der Waals surface area contributed by atoms with Crippen LogP contribution >= 0.6 is 39.5 Å². The van der Waals surface area contributed by atoms with Crippen LogP contribution in [0.5, 0.6) is 5.75 Å². The number of carbonyl (C=O) groups is 1. The average Bonchev–Trinajstić information content (AvgIpc) is 3.05. The van der Waals surface area contributed by atoms with Crippen molar-refractivity contribution in [1.29, 1.82) is 0 Å². The average molecular weight is 427 g/mol. The fraction of sp³-hybridized carbons (Fsp3) is 0.294. The number of carbonyl (C=O) groups excluding carboxylic acids is 1. The monoisotopic (exact) mass is 426 g/mol. The van der Waals surface area contributed by atoms with Crippen molar-refractivity contribution in [3.05, 3.63) is 50.6 Å². The van der Waals surface area contributed by atoms with Gasteiger partial charge in [0.05, 0.1) is 18.7 Å². The Kier molecular flexibility index (Phi) is 7.20. The highest BCUT2D eigenvalue weighted by Crippen LogP contribution is 2.23. The van der Waals surface area contributed by atoms with E-state index in [0.29, 0.717) is 35.5 Å². The third-order valence-corrected chi connectivity index (χ3v) is 4.60. The van der Waals surface area contributed by atoms with Gasteiger partial charge < -0.3 is 10.1 Å². The second-order valence-corrected chi connectivity index (χ2v) is 7.92. The van der Waals surface area contributed by atoms with Crippen molar-refractivity contribution in [3.8, 4) is 5.75 Å². The lowest BCUT2D eigenvalue weighted by Gasteiger charge is -2.14. The molecule has 24 heavy (non-hydrogen) atoms. The van der Waals surface area contributed by atoms with E-state index in [0.717, 1.165) is 9.35 Å². The van der Waals surface area contributed by atoms with E-state index in [2.05, 4.69) is 40.4 Å². The zero-order valence-electron chi connectivity index (χ0n) is 13.5. The minimum absolute atomic E-state index is 0.293. The van der Waals surface area contributed by atoms with Crippen molar-refractivity contribution in [3.63, 3.8) is 0 Å². The Morgan fingerprint density at radius 1 is 1.38 bits per heavy atom. The van der Waals surface area contributed by atoms with E-state index in [1.54, 1.807) is 23.5 Å². The second-order valence-electron chi connectivity index (χ2n) is 5.56. The molecule has 1 heterocycles. The number of amides is 1. The highest BCUT2D eigenvalue weighted by molar-refractivity contribution is 9.10. The second kappa shape index (κ2) is 9.15. The van der Waals surface area contributed by atoms with Gasteiger partial charge in [-0.15, -0.1) is 11.3 Å². The third kappa shape index (κ3) is 5.89. The van der Waals surface area contributed by atoms with Crippen molar-refractivity contribution in [2.24, 2.45) is 5.92 Å². The van der Waals surface area contributed by atoms with Crippen LogP contribution in [0.3, 0.4) is 0 Å². The summed E-state index contributed by atoms with van der Waals surface area (Å²) in [6.07, 6.45) is 0. The van der Waals surface area contributed by atoms with Crippen molar-refractivity contribution >= 4 is 50.5 Å². The Labute approximate surface area is 159 Å². The van der Waals surface area contributed by atoms with Gasteiger partial charge in [0.2, 0.25) is 0 Å². The number of rotatable bonds is 6. The zero-order chi connectivity index (χ0) is 17.5. The maximum Gasteiger partial charge on any atom is 0.261 e. The molecule has 4 nitrogen and oxygen atoms in total. The third-order valence-electron chi connectivity index (χ3n) is 2.99. The van der Waals surface area contributed by atoms with E-state index >= 15 is 0 Å². The highest BCUT2D eigenvalue weighted by atomic mass is 79.9. The van der Waals surface area contributed by atoms with Gasteiger partial charge in [0.15, 0.2) is 5.11 Å². The molecule has 0 radical (unpaired) electrons. The molecule has 2 rings (SSSR count). The van der Waals surface area contributed by atoms with Gasteiger partial charge in [-0.25, -0.2) is 0 Å². The summed E-state index contributed by atoms with van der Waals surface area (Å²) in [6, 6.07) is 9.34. The SMILES string of the molecule is CC(C)COc1ccc(Br)cc1C(=O)NC(=S)NCc1cccs1. The van der Waals surface area contributed by atoms with Crippen LogP contribution in [0.15, 0.2) is 40.2 Å². The van der Waals surface area contributed by atoms with Crippen LogP contribution in [-0.4, -0.2) is 17.6 Å². The van der Waals surface area contributed by atoms with Crippen LogP contribution in [0.4, 0.5) is 0 Å². The number of hydrogen-bond acceptors (Lipinski definition) is 4. The van der Waals surface area contributed by atoms with Crippen LogP contribution in [0, 0.1) is 5.92 Å². The summed E-state index contributed by atoms with van der Waals surface area (Å²) in [5.74, 6) is 0.627. The van der Waals surface area contributed by atoms with E-state index in [9.17, 15) is 4.79 Å². The molecule has 0 aliphatic carbocycles. The normalized spacial score (nSPS) is 10.5. The van der Waals surface area contributed by atoms with Crippen LogP contribution in [0.2, 0.25) is 0 Å². The van der Waals surface area contributed by atoms with Gasteiger partial charge in [0, 0.05) is 9.35 Å². The minimum atomic E-state index is -0.293. The van der Waals surface area contributed by atoms with Gasteiger partial charge in [0.1, 0.15) is 5.75 Å². The van der Waals surface area contributed by atoms with Gasteiger partial charge in [-0.2, -0.15) is 0 Å². The number of ether oxygens (including phenoxy) is 1. The number of halogens is 1. The first-order valence-corrected chi connectivity index (χ1v) is 9.57. The molecule has 0 spiro atoms. The van der Waals surface area contributed by atoms with Gasteiger partial charge in [0.25, 0.3) is 5.91 Å². The summed E-state index contributed by atoms with van der Waals surface area (Å²) < 4.78 is 6.54. The molecule has 0 unspecified atom stereocenters. The number of nitrogens with one attached hydrogen (secondary N) is 2. The standard InChI is InChI=1S/C17H19BrN2O2S2/c1-11(2)10-22-15-6-5-12(18)8-14(15)16(21)20-17(23)19-9-13-4-3-7-24-13/h3-8,11H,9-10H2,1-2H3,(H2,19,20,21,23). The summed E-state index contributed by atoms with van der Waals surface area (Å²) >= 11 is 10.2. The van der Waals surface area contributed by atoms with Crippen LogP contribution in [-0.2, 0) is 6.54 Å². The molecular weight excluding hydrogens is 408 g/mol. The molecular formula is C17H19BrN2O2S2. The molecule has 1 aromatic carbocycles. The quantitative estimate of drug-likeness (QED) is 0.674. The molecule has 0 saturated heterocycles. The summed E-state index contributed by atoms with van der Waals surface area (Å²) in [4.78, 5) is 13.6. The van der Waals surface area contributed by atoms with Gasteiger partial charge in [-0.05, 0) is 47.8 Å². The van der Waals surface area contributed by atoms with Crippen molar-refractivity contribution < 1.29 is 9.53 Å². The zero-order valence-corrected chi connectivity index (χ0v) is 16.7. The molecule has 0 atom stereocenters. The summed E-state index contributed by atoms with van der Waals surface area (Å²) in [6.45, 7) is 5.25. The molecule has 1 amide bonds. The van der Waals surface area contributed by atoms with Gasteiger partial charge >= 0.3 is 0 Å². The van der Waals surface area contributed by atoms with E-state index in [1.807, 2.05) is 23.6 Å². The smallest absolute Gasteiger partial charge is 0.261 e. The minimum Gasteiger partial charge on any atom is -0.492 e. The van der Waals surface area contributed by atoms with Gasteiger partial charge in [-0.3, -0.25) is 10.1 Å². The first-order chi connectivity index (χ1) is 11.5. The van der Waals surface area contributed by atoms with E-state index < -0.39 is 0 Å². The Hall–Kier alpha value is -1.44. The lowest BCUT2D eigenvalue weighted by molar-refractivity contribution is 0.0971. The Bertz CT molecular complexity index is 703. The Morgan fingerprint density at radius 2 is 2.17 bits per heavy atom. The molecule has 7 heteroatoms. The van der Waals surface area contributed by atoms with Crippen LogP contribution in [0.1, 0.15) is 29.1 Å². The van der Waals surface area contributed by atoms with Gasteiger partial charge in [-0.1, -0.05) is 35.8 Å². The Balaban J connectivity index is 1.99. The highest BCUT2D eigenvalue weighted by Gasteiger charge is 2.15. The number of thiocarbonyl (C=S) groups is 1. The molecule has 1 aromatic heterocycles. The maximum atomic E-state index is 12.5. The maximum absolute atomic E-state index is 12.5. The topological polar surface area (TPSA) is 50.4 Å².